The Labute approximate surface area is 244 Å². The zero-order valence-electron chi connectivity index (χ0n) is 23.1. The van der Waals surface area contributed by atoms with Crippen molar-refractivity contribution < 1.29 is 19.7 Å². The summed E-state index contributed by atoms with van der Waals surface area (Å²) in [6.07, 6.45) is 3.54. The fraction of sp³-hybridized carbons (Fsp3) is 0.500. The molecule has 2 N–H and O–H groups in total. The van der Waals surface area contributed by atoms with E-state index in [9.17, 15) is 9.90 Å². The van der Waals surface area contributed by atoms with E-state index >= 15 is 0 Å². The van der Waals surface area contributed by atoms with Crippen LogP contribution in [0.1, 0.15) is 55.0 Å². The second-order valence-corrected chi connectivity index (χ2v) is 12.4. The van der Waals surface area contributed by atoms with Gasteiger partial charge in [0.05, 0.1) is 0 Å². The summed E-state index contributed by atoms with van der Waals surface area (Å²) >= 11 is 7.88. The monoisotopic (exact) mass is 584 g/mol. The molecule has 8 nitrogen and oxygen atoms in total. The lowest BCUT2D eigenvalue weighted by Crippen LogP contribution is -2.37. The summed E-state index contributed by atoms with van der Waals surface area (Å²) in [6.45, 7) is 8.05. The molecule has 1 aromatic heterocycles. The van der Waals surface area contributed by atoms with Gasteiger partial charge < -0.3 is 19.8 Å². The van der Waals surface area contributed by atoms with E-state index < -0.39 is 12.2 Å². The van der Waals surface area contributed by atoms with Gasteiger partial charge in [0.1, 0.15) is 17.4 Å². The van der Waals surface area contributed by atoms with Gasteiger partial charge in [0.25, 0.3) is 0 Å². The summed E-state index contributed by atoms with van der Waals surface area (Å²) in [4.78, 5) is 15.2. The highest BCUT2D eigenvalue weighted by Gasteiger charge is 2.31. The minimum atomic E-state index is -0.891. The summed E-state index contributed by atoms with van der Waals surface area (Å²) in [5, 5.41) is 31.2. The predicted octanol–water partition coefficient (Wildman–Crippen LogP) is 5.95. The maximum Gasteiger partial charge on any atom is 0.303 e. The Morgan fingerprint density at radius 2 is 1.82 bits per heavy atom. The first kappa shape index (κ1) is 28.8. The smallest absolute Gasteiger partial charge is 0.303 e. The van der Waals surface area contributed by atoms with E-state index in [0.717, 1.165) is 72.8 Å². The Bertz CT molecular complexity index is 1300. The van der Waals surface area contributed by atoms with Gasteiger partial charge >= 0.3 is 5.97 Å². The molecule has 1 aliphatic heterocycles. The van der Waals surface area contributed by atoms with Gasteiger partial charge in [0.15, 0.2) is 6.23 Å². The number of carbonyl (C=O) groups is 1. The third-order valence-electron chi connectivity index (χ3n) is 7.82. The maximum absolute atomic E-state index is 11.3. The molecule has 1 saturated carbocycles. The molecule has 10 heteroatoms. The van der Waals surface area contributed by atoms with Crippen molar-refractivity contribution in [2.75, 3.05) is 37.7 Å². The quantitative estimate of drug-likeness (QED) is 0.252. The minimum Gasteiger partial charge on any atom is -0.492 e. The van der Waals surface area contributed by atoms with Crippen LogP contribution in [-0.2, 0) is 4.79 Å². The number of hydrogen-bond acceptors (Lipinski definition) is 8. The summed E-state index contributed by atoms with van der Waals surface area (Å²) < 4.78 is 6.22. The van der Waals surface area contributed by atoms with Crippen molar-refractivity contribution in [2.24, 2.45) is 11.8 Å². The molecule has 1 aliphatic carbocycles. The number of ether oxygens (including phenoxy) is 1. The molecule has 2 aromatic carbocycles. The zero-order valence-corrected chi connectivity index (χ0v) is 24.6. The Morgan fingerprint density at radius 1 is 1.12 bits per heavy atom. The Balaban J connectivity index is 1.23. The molecule has 1 atom stereocenters. The van der Waals surface area contributed by atoms with Crippen molar-refractivity contribution in [3.63, 3.8) is 0 Å². The first-order chi connectivity index (χ1) is 19.3. The van der Waals surface area contributed by atoms with Gasteiger partial charge in [-0.15, -0.1) is 10.2 Å². The molecule has 3 aromatic rings. The molecule has 0 amide bonds. The average Bonchev–Trinajstić information content (AvgIpc) is 3.62. The molecule has 2 aliphatic rings. The van der Waals surface area contributed by atoms with Crippen LogP contribution in [0.4, 0.5) is 5.13 Å². The number of likely N-dealkylation sites (tertiary alicyclic amines) is 1. The van der Waals surface area contributed by atoms with Crippen molar-refractivity contribution in [3.8, 4) is 16.3 Å². The highest BCUT2D eigenvalue weighted by molar-refractivity contribution is 7.18. The summed E-state index contributed by atoms with van der Waals surface area (Å²) in [6, 6.07) is 11.5. The van der Waals surface area contributed by atoms with E-state index in [1.807, 2.05) is 36.9 Å². The molecule has 0 radical (unpaired) electrons. The van der Waals surface area contributed by atoms with E-state index in [1.54, 1.807) is 6.07 Å². The number of benzene rings is 2. The topological polar surface area (TPSA) is 99.0 Å². The van der Waals surface area contributed by atoms with Gasteiger partial charge in [-0.3, -0.25) is 9.69 Å². The van der Waals surface area contributed by atoms with E-state index in [4.69, 9.17) is 21.4 Å². The SMILES string of the molecule is Cc1cc(-c2nnc(N(CC3CC3)C(O)c3ccccc3Cl)s2)cc(C)c1OCCN1CCC(CC(=O)O)CC1. The number of hydrogen-bond donors (Lipinski definition) is 2. The van der Waals surface area contributed by atoms with Crippen LogP contribution in [0.2, 0.25) is 5.02 Å². The number of rotatable bonds is 12. The van der Waals surface area contributed by atoms with E-state index in [-0.39, 0.29) is 12.3 Å². The first-order valence-corrected chi connectivity index (χ1v) is 15.2. The van der Waals surface area contributed by atoms with Crippen LogP contribution in [0, 0.1) is 25.7 Å². The zero-order chi connectivity index (χ0) is 28.2. The standard InChI is InChI=1S/C30H37ClN4O4S/c1-19-15-23(16-20(2)27(19)39-14-13-34-11-9-21(10-12-34)17-26(36)37)28-32-33-30(40-28)35(18-22-7-8-22)29(38)24-5-3-4-6-25(24)31/h3-6,15-16,21-22,29,38H,7-14,17-18H2,1-2H3,(H,36,37). The van der Waals surface area contributed by atoms with Crippen molar-refractivity contribution >= 4 is 34.0 Å². The van der Waals surface area contributed by atoms with Crippen LogP contribution in [-0.4, -0.2) is 64.1 Å². The molecule has 0 spiro atoms. The molecule has 5 rings (SSSR count). The lowest BCUT2D eigenvalue weighted by atomic mass is 9.94. The summed E-state index contributed by atoms with van der Waals surface area (Å²) in [5.74, 6) is 1.01. The fourth-order valence-corrected chi connectivity index (χ4v) is 6.50. The largest absolute Gasteiger partial charge is 0.492 e. The second-order valence-electron chi connectivity index (χ2n) is 11.1. The number of anilines is 1. The van der Waals surface area contributed by atoms with Crippen molar-refractivity contribution in [1.29, 1.82) is 0 Å². The lowest BCUT2D eigenvalue weighted by molar-refractivity contribution is -0.138. The minimum absolute atomic E-state index is 0.270. The van der Waals surface area contributed by atoms with Crippen LogP contribution in [0.3, 0.4) is 0 Å². The van der Waals surface area contributed by atoms with Gasteiger partial charge in [0, 0.05) is 35.7 Å². The number of aryl methyl sites for hydroxylation is 2. The van der Waals surface area contributed by atoms with E-state index in [0.29, 0.717) is 34.8 Å². The number of aliphatic hydroxyl groups excluding tert-OH is 1. The number of carboxylic acid groups (broad SMARTS) is 1. The molecule has 40 heavy (non-hydrogen) atoms. The predicted molar refractivity (Wildman–Crippen MR) is 158 cm³/mol. The number of halogens is 1. The highest BCUT2D eigenvalue weighted by atomic mass is 35.5. The van der Waals surface area contributed by atoms with Crippen LogP contribution in [0.15, 0.2) is 36.4 Å². The van der Waals surface area contributed by atoms with E-state index in [1.165, 1.54) is 11.3 Å². The Morgan fingerprint density at radius 3 is 2.48 bits per heavy atom. The van der Waals surface area contributed by atoms with Gasteiger partial charge in [-0.05, 0) is 93.8 Å². The normalized spacial score (nSPS) is 17.1. The van der Waals surface area contributed by atoms with Crippen molar-refractivity contribution in [3.05, 3.63) is 58.1 Å². The fourth-order valence-electron chi connectivity index (χ4n) is 5.40. The first-order valence-electron chi connectivity index (χ1n) is 14.0. The number of carboxylic acids is 1. The lowest BCUT2D eigenvalue weighted by Gasteiger charge is -2.31. The molecule has 214 valence electrons. The summed E-state index contributed by atoms with van der Waals surface area (Å²) in [5.41, 5.74) is 3.72. The second kappa shape index (κ2) is 12.9. The Hall–Kier alpha value is -2.72. The van der Waals surface area contributed by atoms with E-state index in [2.05, 4.69) is 27.2 Å². The number of nitrogens with zero attached hydrogens (tertiary/aromatic N) is 4. The summed E-state index contributed by atoms with van der Waals surface area (Å²) in [7, 11) is 0. The number of piperidine rings is 1. The highest BCUT2D eigenvalue weighted by Crippen LogP contribution is 2.40. The Kier molecular flexibility index (Phi) is 9.25. The average molecular weight is 585 g/mol. The molecular formula is C30H37ClN4O4S. The molecular weight excluding hydrogens is 548 g/mol. The van der Waals surface area contributed by atoms with Gasteiger partial charge in [-0.2, -0.15) is 0 Å². The molecule has 2 heterocycles. The number of aromatic nitrogens is 2. The molecule has 1 saturated heterocycles. The van der Waals surface area contributed by atoms with Crippen LogP contribution < -0.4 is 9.64 Å². The molecule has 1 unspecified atom stereocenters. The van der Waals surface area contributed by atoms with Gasteiger partial charge in [-0.1, -0.05) is 41.1 Å². The maximum atomic E-state index is 11.3. The molecule has 0 bridgehead atoms. The van der Waals surface area contributed by atoms with Crippen molar-refractivity contribution in [2.45, 2.75) is 52.2 Å². The number of aliphatic carboxylic acids is 1. The van der Waals surface area contributed by atoms with Crippen molar-refractivity contribution in [1.82, 2.24) is 15.1 Å². The number of aliphatic hydroxyl groups is 1. The van der Waals surface area contributed by atoms with Crippen LogP contribution in [0.5, 0.6) is 5.75 Å². The van der Waals surface area contributed by atoms with Gasteiger partial charge in [0.2, 0.25) is 5.13 Å². The third kappa shape index (κ3) is 7.13. The van der Waals surface area contributed by atoms with Crippen LogP contribution in [0.25, 0.3) is 10.6 Å². The van der Waals surface area contributed by atoms with Gasteiger partial charge in [-0.25, -0.2) is 0 Å². The third-order valence-corrected chi connectivity index (χ3v) is 9.18. The van der Waals surface area contributed by atoms with Crippen LogP contribution >= 0.6 is 22.9 Å². The molecule has 2 fully saturated rings.